The lowest BCUT2D eigenvalue weighted by atomic mass is 10.2. The van der Waals surface area contributed by atoms with Crippen molar-refractivity contribution in [1.82, 2.24) is 4.98 Å². The van der Waals surface area contributed by atoms with Gasteiger partial charge in [-0.3, -0.25) is 14.9 Å². The highest BCUT2D eigenvalue weighted by Gasteiger charge is 2.19. The molecule has 0 atom stereocenters. The van der Waals surface area contributed by atoms with Crippen molar-refractivity contribution in [3.63, 3.8) is 0 Å². The molecular weight excluding hydrogens is 259 g/mol. The first-order chi connectivity index (χ1) is 7.49. The highest BCUT2D eigenvalue weighted by atomic mass is 35.5. The van der Waals surface area contributed by atoms with Crippen LogP contribution in [0.3, 0.4) is 0 Å². The van der Waals surface area contributed by atoms with Crippen molar-refractivity contribution >= 4 is 39.9 Å². The molecule has 0 saturated carbocycles. The van der Waals surface area contributed by atoms with Gasteiger partial charge < -0.3 is 4.42 Å². The Morgan fingerprint density at radius 1 is 1.38 bits per heavy atom. The van der Waals surface area contributed by atoms with Gasteiger partial charge in [-0.1, -0.05) is 11.6 Å². The Kier molecular flexibility index (Phi) is 2.53. The van der Waals surface area contributed by atoms with E-state index in [4.69, 9.17) is 27.6 Å². The first kappa shape index (κ1) is 10.8. The minimum Gasteiger partial charge on any atom is -0.422 e. The van der Waals surface area contributed by atoms with E-state index in [1.807, 2.05) is 0 Å². The van der Waals surface area contributed by atoms with E-state index in [0.29, 0.717) is 0 Å². The van der Waals surface area contributed by atoms with E-state index in [9.17, 15) is 14.9 Å². The Bertz CT molecular complexity index is 652. The van der Waals surface area contributed by atoms with Crippen molar-refractivity contribution in [2.24, 2.45) is 0 Å². The van der Waals surface area contributed by atoms with Crippen molar-refractivity contribution in [3.05, 3.63) is 43.0 Å². The SMILES string of the molecule is O=c1nc(Cl)oc2c([N+](=O)[O-])cc(Cl)cc12. The predicted octanol–water partition coefficient (Wildman–Crippen LogP) is 2.40. The van der Waals surface area contributed by atoms with Crippen LogP contribution < -0.4 is 5.56 Å². The van der Waals surface area contributed by atoms with E-state index in [2.05, 4.69) is 4.98 Å². The second kappa shape index (κ2) is 3.73. The van der Waals surface area contributed by atoms with Crippen LogP contribution in [0.15, 0.2) is 21.3 Å². The van der Waals surface area contributed by atoms with Crippen LogP contribution in [0, 0.1) is 10.1 Å². The number of aromatic nitrogens is 1. The fraction of sp³-hybridized carbons (Fsp3) is 0. The molecule has 0 saturated heterocycles. The largest absolute Gasteiger partial charge is 0.422 e. The lowest BCUT2D eigenvalue weighted by Gasteiger charge is -1.98. The third-order valence-electron chi connectivity index (χ3n) is 1.84. The summed E-state index contributed by atoms with van der Waals surface area (Å²) in [5.41, 5.74) is -1.39. The maximum Gasteiger partial charge on any atom is 0.314 e. The molecule has 0 aliphatic carbocycles. The van der Waals surface area contributed by atoms with Crippen molar-refractivity contribution in [3.8, 4) is 0 Å². The topological polar surface area (TPSA) is 86.2 Å². The summed E-state index contributed by atoms with van der Waals surface area (Å²) < 4.78 is 4.84. The molecule has 16 heavy (non-hydrogen) atoms. The number of benzene rings is 1. The second-order valence-corrected chi connectivity index (χ2v) is 3.59. The molecule has 0 unspecified atom stereocenters. The van der Waals surface area contributed by atoms with Crippen molar-refractivity contribution in [2.75, 3.05) is 0 Å². The van der Waals surface area contributed by atoms with Gasteiger partial charge in [0, 0.05) is 11.1 Å². The van der Waals surface area contributed by atoms with Crippen LogP contribution >= 0.6 is 23.2 Å². The molecule has 1 aromatic carbocycles. The van der Waals surface area contributed by atoms with Gasteiger partial charge in [0.15, 0.2) is 0 Å². The van der Waals surface area contributed by atoms with E-state index in [-0.39, 0.29) is 16.0 Å². The summed E-state index contributed by atoms with van der Waals surface area (Å²) in [7, 11) is 0. The van der Waals surface area contributed by atoms with Gasteiger partial charge in [-0.2, -0.15) is 4.98 Å². The molecule has 82 valence electrons. The zero-order valence-electron chi connectivity index (χ0n) is 7.44. The van der Waals surface area contributed by atoms with E-state index >= 15 is 0 Å². The van der Waals surface area contributed by atoms with E-state index in [1.54, 1.807) is 0 Å². The quantitative estimate of drug-likeness (QED) is 0.581. The highest BCUT2D eigenvalue weighted by molar-refractivity contribution is 6.31. The Hall–Kier alpha value is -1.66. The summed E-state index contributed by atoms with van der Waals surface area (Å²) in [6.45, 7) is 0. The van der Waals surface area contributed by atoms with Gasteiger partial charge in [-0.05, 0) is 17.7 Å². The maximum atomic E-state index is 11.4. The molecule has 8 heteroatoms. The standard InChI is InChI=1S/C8H2Cl2N2O4/c9-3-1-4-6(5(2-3)12(14)15)16-8(10)11-7(4)13/h1-2H. The van der Waals surface area contributed by atoms with E-state index in [0.717, 1.165) is 6.07 Å². The molecule has 2 rings (SSSR count). The van der Waals surface area contributed by atoms with Crippen molar-refractivity contribution in [1.29, 1.82) is 0 Å². The predicted molar refractivity (Wildman–Crippen MR) is 57.0 cm³/mol. The molecule has 0 aliphatic rings. The summed E-state index contributed by atoms with van der Waals surface area (Å²) in [5, 5.41) is 10.2. The first-order valence-corrected chi connectivity index (χ1v) is 4.69. The van der Waals surface area contributed by atoms with Gasteiger partial charge in [0.25, 0.3) is 10.9 Å². The monoisotopic (exact) mass is 260 g/mol. The number of halogens is 2. The fourth-order valence-corrected chi connectivity index (χ4v) is 1.59. The number of nitrogens with zero attached hydrogens (tertiary/aromatic N) is 2. The Morgan fingerprint density at radius 3 is 2.69 bits per heavy atom. The maximum absolute atomic E-state index is 11.4. The fourth-order valence-electron chi connectivity index (χ4n) is 1.23. The average Bonchev–Trinajstić information content (AvgIpc) is 2.18. The molecule has 0 radical (unpaired) electrons. The second-order valence-electron chi connectivity index (χ2n) is 2.83. The Morgan fingerprint density at radius 2 is 2.06 bits per heavy atom. The molecular formula is C8H2Cl2N2O4. The number of fused-ring (bicyclic) bond motifs is 1. The Balaban J connectivity index is 3.01. The van der Waals surface area contributed by atoms with Gasteiger partial charge in [0.2, 0.25) is 5.58 Å². The van der Waals surface area contributed by atoms with Crippen LogP contribution in [0.1, 0.15) is 0 Å². The number of rotatable bonds is 1. The third kappa shape index (κ3) is 1.72. The molecule has 0 fully saturated rings. The molecule has 0 bridgehead atoms. The van der Waals surface area contributed by atoms with Crippen LogP contribution in [-0.4, -0.2) is 9.91 Å². The van der Waals surface area contributed by atoms with Gasteiger partial charge in [-0.25, -0.2) is 0 Å². The van der Waals surface area contributed by atoms with Crippen molar-refractivity contribution in [2.45, 2.75) is 0 Å². The Labute approximate surface area is 97.6 Å². The minimum absolute atomic E-state index is 0.0515. The van der Waals surface area contributed by atoms with Crippen LogP contribution in [0.5, 0.6) is 0 Å². The number of hydrogen-bond acceptors (Lipinski definition) is 5. The van der Waals surface area contributed by atoms with Crippen LogP contribution in [0.4, 0.5) is 5.69 Å². The molecule has 0 aliphatic heterocycles. The summed E-state index contributed by atoms with van der Waals surface area (Å²) in [6, 6.07) is 2.31. The van der Waals surface area contributed by atoms with Gasteiger partial charge in [-0.15, -0.1) is 0 Å². The van der Waals surface area contributed by atoms with Gasteiger partial charge in [0.05, 0.1) is 10.3 Å². The van der Waals surface area contributed by atoms with E-state index in [1.165, 1.54) is 6.07 Å². The number of nitro benzene ring substituents is 1. The summed E-state index contributed by atoms with van der Waals surface area (Å²) in [4.78, 5) is 24.7. The molecule has 1 heterocycles. The zero-order chi connectivity index (χ0) is 11.9. The lowest BCUT2D eigenvalue weighted by molar-refractivity contribution is -0.383. The lowest BCUT2D eigenvalue weighted by Crippen LogP contribution is -2.06. The summed E-state index contributed by atoms with van der Waals surface area (Å²) >= 11 is 11.0. The van der Waals surface area contributed by atoms with E-state index < -0.39 is 21.5 Å². The molecule has 0 amide bonds. The van der Waals surface area contributed by atoms with Gasteiger partial charge in [0.1, 0.15) is 0 Å². The van der Waals surface area contributed by atoms with Crippen LogP contribution in [0.2, 0.25) is 10.4 Å². The molecule has 0 spiro atoms. The van der Waals surface area contributed by atoms with Crippen molar-refractivity contribution < 1.29 is 9.34 Å². The molecule has 2 aromatic rings. The number of hydrogen-bond donors (Lipinski definition) is 0. The van der Waals surface area contributed by atoms with Crippen LogP contribution in [-0.2, 0) is 0 Å². The normalized spacial score (nSPS) is 10.6. The number of non-ortho nitro benzene ring substituents is 1. The molecule has 0 N–H and O–H groups in total. The minimum atomic E-state index is -0.725. The smallest absolute Gasteiger partial charge is 0.314 e. The summed E-state index contributed by atoms with van der Waals surface area (Å²) in [5.74, 6) is 0. The highest BCUT2D eigenvalue weighted by Crippen LogP contribution is 2.28. The number of nitro groups is 1. The molecule has 6 nitrogen and oxygen atoms in total. The zero-order valence-corrected chi connectivity index (χ0v) is 8.95. The van der Waals surface area contributed by atoms with Crippen LogP contribution in [0.25, 0.3) is 11.0 Å². The summed E-state index contributed by atoms with van der Waals surface area (Å²) in [6.07, 6.45) is 0. The third-order valence-corrected chi connectivity index (χ3v) is 2.22. The molecule has 1 aromatic heterocycles. The average molecular weight is 261 g/mol. The van der Waals surface area contributed by atoms with Gasteiger partial charge >= 0.3 is 5.69 Å². The first-order valence-electron chi connectivity index (χ1n) is 3.93.